The number of carboxylic acid groups (broad SMARTS) is 2. The highest BCUT2D eigenvalue weighted by atomic mass is 19.1. The third-order valence-corrected chi connectivity index (χ3v) is 1.85. The van der Waals surface area contributed by atoms with E-state index >= 15 is 0 Å². The smallest absolute Gasteiger partial charge is 0.315 e. The maximum Gasteiger partial charge on any atom is 0.315 e. The number of carbonyl (C=O) groups is 2. The predicted molar refractivity (Wildman–Crippen MR) is 56.9 cm³/mol. The highest BCUT2D eigenvalue weighted by Crippen LogP contribution is 2.10. The van der Waals surface area contributed by atoms with E-state index < -0.39 is 17.8 Å². The van der Waals surface area contributed by atoms with Gasteiger partial charge in [-0.3, -0.25) is 9.59 Å². The van der Waals surface area contributed by atoms with Crippen LogP contribution in [-0.2, 0) is 16.0 Å². The quantitative estimate of drug-likeness (QED) is 0.775. The summed E-state index contributed by atoms with van der Waals surface area (Å²) in [6, 6.07) is 3.86. The van der Waals surface area contributed by atoms with Gasteiger partial charge in [-0.05, 0) is 17.7 Å². The zero-order valence-electron chi connectivity index (χ0n) is 8.74. The van der Waals surface area contributed by atoms with E-state index in [0.29, 0.717) is 5.56 Å². The summed E-state index contributed by atoms with van der Waals surface area (Å²) in [5.74, 6) is 1.89. The van der Waals surface area contributed by atoms with Crippen LogP contribution in [0.5, 0.6) is 0 Å². The van der Waals surface area contributed by atoms with Gasteiger partial charge in [0, 0.05) is 0 Å². The standard InChI is InChI=1S/C12H9FO4/c13-10-6-8(7-12(16)17)4-5-9(10)2-1-3-11(14)15/h4-6H,3,7H2,(H,14,15)(H,16,17). The molecule has 1 aromatic carbocycles. The van der Waals surface area contributed by atoms with Crippen LogP contribution in [0, 0.1) is 17.7 Å². The summed E-state index contributed by atoms with van der Waals surface area (Å²) in [6.45, 7) is 0. The van der Waals surface area contributed by atoms with Gasteiger partial charge in [-0.15, -0.1) is 0 Å². The SMILES string of the molecule is O=C(O)CC#Cc1ccc(CC(=O)O)cc1F. The van der Waals surface area contributed by atoms with Gasteiger partial charge in [0.2, 0.25) is 0 Å². The van der Waals surface area contributed by atoms with Crippen molar-refractivity contribution >= 4 is 11.9 Å². The van der Waals surface area contributed by atoms with Crippen molar-refractivity contribution in [1.82, 2.24) is 0 Å². The molecule has 1 rings (SSSR count). The Morgan fingerprint density at radius 2 is 1.94 bits per heavy atom. The molecule has 0 spiro atoms. The summed E-state index contributed by atoms with van der Waals surface area (Å²) >= 11 is 0. The molecule has 0 heterocycles. The van der Waals surface area contributed by atoms with Crippen molar-refractivity contribution in [2.24, 2.45) is 0 Å². The van der Waals surface area contributed by atoms with Crippen LogP contribution < -0.4 is 0 Å². The summed E-state index contributed by atoms with van der Waals surface area (Å²) in [7, 11) is 0. The van der Waals surface area contributed by atoms with E-state index in [1.807, 2.05) is 0 Å². The summed E-state index contributed by atoms with van der Waals surface area (Å²) in [5, 5.41) is 16.9. The molecule has 0 atom stereocenters. The Balaban J connectivity index is 2.85. The van der Waals surface area contributed by atoms with Crippen molar-refractivity contribution in [1.29, 1.82) is 0 Å². The fraction of sp³-hybridized carbons (Fsp3) is 0.167. The molecule has 2 N–H and O–H groups in total. The van der Waals surface area contributed by atoms with Crippen LogP contribution in [0.25, 0.3) is 0 Å². The minimum Gasteiger partial charge on any atom is -0.481 e. The average molecular weight is 236 g/mol. The Hall–Kier alpha value is -2.35. The molecule has 0 radical (unpaired) electrons. The van der Waals surface area contributed by atoms with Crippen LogP contribution in [0.4, 0.5) is 4.39 Å². The van der Waals surface area contributed by atoms with Crippen LogP contribution in [0.2, 0.25) is 0 Å². The summed E-state index contributed by atoms with van der Waals surface area (Å²) < 4.78 is 13.4. The van der Waals surface area contributed by atoms with Crippen molar-refractivity contribution < 1.29 is 24.2 Å². The molecule has 0 unspecified atom stereocenters. The predicted octanol–water partition coefficient (Wildman–Crippen LogP) is 1.28. The molecule has 0 saturated heterocycles. The largest absolute Gasteiger partial charge is 0.481 e. The van der Waals surface area contributed by atoms with Gasteiger partial charge in [0.05, 0.1) is 12.0 Å². The molecule has 0 amide bonds. The van der Waals surface area contributed by atoms with E-state index in [0.717, 1.165) is 6.07 Å². The highest BCUT2D eigenvalue weighted by molar-refractivity contribution is 5.71. The normalized spacial score (nSPS) is 9.24. The molecule has 17 heavy (non-hydrogen) atoms. The molecular formula is C12H9FO4. The van der Waals surface area contributed by atoms with Crippen molar-refractivity contribution in [2.45, 2.75) is 12.8 Å². The summed E-state index contributed by atoms with van der Waals surface area (Å²) in [5.41, 5.74) is 0.388. The second-order valence-electron chi connectivity index (χ2n) is 3.26. The first-order valence-electron chi connectivity index (χ1n) is 4.70. The first-order chi connectivity index (χ1) is 7.99. The molecule has 0 fully saturated rings. The lowest BCUT2D eigenvalue weighted by Gasteiger charge is -1.99. The fourth-order valence-corrected chi connectivity index (χ4v) is 1.16. The minimum absolute atomic E-state index is 0.0559. The minimum atomic E-state index is -1.08. The van der Waals surface area contributed by atoms with Gasteiger partial charge >= 0.3 is 11.9 Å². The number of benzene rings is 1. The van der Waals surface area contributed by atoms with Gasteiger partial charge in [0.1, 0.15) is 12.2 Å². The third-order valence-electron chi connectivity index (χ3n) is 1.85. The second kappa shape index (κ2) is 5.66. The number of halogens is 1. The Kier molecular flexibility index (Phi) is 4.23. The maximum atomic E-state index is 13.4. The van der Waals surface area contributed by atoms with Gasteiger partial charge < -0.3 is 10.2 Å². The number of carboxylic acids is 2. The van der Waals surface area contributed by atoms with E-state index in [1.165, 1.54) is 12.1 Å². The maximum absolute atomic E-state index is 13.4. The zero-order valence-corrected chi connectivity index (χ0v) is 8.74. The van der Waals surface area contributed by atoms with E-state index in [-0.39, 0.29) is 18.4 Å². The van der Waals surface area contributed by atoms with Crippen LogP contribution in [-0.4, -0.2) is 22.2 Å². The Morgan fingerprint density at radius 3 is 2.47 bits per heavy atom. The molecule has 5 heteroatoms. The molecule has 0 aliphatic carbocycles. The van der Waals surface area contributed by atoms with Crippen molar-refractivity contribution in [2.75, 3.05) is 0 Å². The van der Waals surface area contributed by atoms with Crippen molar-refractivity contribution in [3.8, 4) is 11.8 Å². The molecule has 0 saturated carbocycles. The average Bonchev–Trinajstić information content (AvgIpc) is 2.20. The van der Waals surface area contributed by atoms with Crippen LogP contribution in [0.1, 0.15) is 17.5 Å². The Bertz CT molecular complexity index is 511. The Morgan fingerprint density at radius 1 is 1.24 bits per heavy atom. The van der Waals surface area contributed by atoms with Crippen LogP contribution in [0.15, 0.2) is 18.2 Å². The number of hydrogen-bond donors (Lipinski definition) is 2. The number of hydrogen-bond acceptors (Lipinski definition) is 2. The van der Waals surface area contributed by atoms with Crippen molar-refractivity contribution in [3.05, 3.63) is 35.1 Å². The first kappa shape index (κ1) is 12.7. The molecular weight excluding hydrogens is 227 g/mol. The summed E-state index contributed by atoms with van der Waals surface area (Å²) in [6.07, 6.45) is -0.629. The lowest BCUT2D eigenvalue weighted by molar-refractivity contribution is -0.137. The monoisotopic (exact) mass is 236 g/mol. The molecule has 4 nitrogen and oxygen atoms in total. The number of aliphatic carboxylic acids is 2. The zero-order chi connectivity index (χ0) is 12.8. The lowest BCUT2D eigenvalue weighted by atomic mass is 10.1. The topological polar surface area (TPSA) is 74.6 Å². The molecule has 0 aliphatic heterocycles. The van der Waals surface area contributed by atoms with E-state index in [2.05, 4.69) is 11.8 Å². The number of rotatable bonds is 3. The van der Waals surface area contributed by atoms with Gasteiger partial charge in [-0.25, -0.2) is 4.39 Å². The van der Waals surface area contributed by atoms with Gasteiger partial charge in [0.25, 0.3) is 0 Å². The fourth-order valence-electron chi connectivity index (χ4n) is 1.16. The molecule has 0 aromatic heterocycles. The molecule has 0 aliphatic rings. The van der Waals surface area contributed by atoms with E-state index in [9.17, 15) is 14.0 Å². The van der Waals surface area contributed by atoms with Gasteiger partial charge in [-0.2, -0.15) is 0 Å². The second-order valence-corrected chi connectivity index (χ2v) is 3.26. The van der Waals surface area contributed by atoms with Crippen LogP contribution in [0.3, 0.4) is 0 Å². The molecule has 0 bridgehead atoms. The first-order valence-corrected chi connectivity index (χ1v) is 4.70. The van der Waals surface area contributed by atoms with Crippen molar-refractivity contribution in [3.63, 3.8) is 0 Å². The van der Waals surface area contributed by atoms with Crippen LogP contribution >= 0.6 is 0 Å². The third kappa shape index (κ3) is 4.34. The van der Waals surface area contributed by atoms with E-state index in [1.54, 1.807) is 0 Å². The Labute approximate surface area is 96.7 Å². The molecule has 88 valence electrons. The van der Waals surface area contributed by atoms with Gasteiger partial charge in [0.15, 0.2) is 0 Å². The highest BCUT2D eigenvalue weighted by Gasteiger charge is 2.04. The van der Waals surface area contributed by atoms with Gasteiger partial charge in [-0.1, -0.05) is 17.9 Å². The summed E-state index contributed by atoms with van der Waals surface area (Å²) in [4.78, 5) is 20.6. The van der Waals surface area contributed by atoms with E-state index in [4.69, 9.17) is 10.2 Å². The lowest BCUT2D eigenvalue weighted by Crippen LogP contribution is -2.00. The molecule has 1 aromatic rings.